The van der Waals surface area contributed by atoms with Crippen LogP contribution in [0, 0.1) is 17.8 Å². The van der Waals surface area contributed by atoms with Crippen molar-refractivity contribution in [3.8, 4) is 11.5 Å². The van der Waals surface area contributed by atoms with Crippen LogP contribution < -0.4 is 9.47 Å². The predicted molar refractivity (Wildman–Crippen MR) is 232 cm³/mol. The fraction of sp³-hybridized carbons (Fsp3) is 0.750. The first-order valence-electron chi connectivity index (χ1n) is 23.3. The van der Waals surface area contributed by atoms with Gasteiger partial charge in [-0.2, -0.15) is 0 Å². The molecule has 10 heteroatoms. The van der Waals surface area contributed by atoms with E-state index in [0.29, 0.717) is 32.6 Å². The summed E-state index contributed by atoms with van der Waals surface area (Å²) in [7, 11) is 0. The number of benzene rings is 1. The molecule has 58 heavy (non-hydrogen) atoms. The molecule has 1 saturated heterocycles. The van der Waals surface area contributed by atoms with Gasteiger partial charge < -0.3 is 34.2 Å². The Hall–Kier alpha value is -2.92. The normalized spacial score (nSPS) is 25.4. The highest BCUT2D eigenvalue weighted by Crippen LogP contribution is 2.62. The number of carbonyl (C=O) groups is 1. The molecule has 0 spiro atoms. The van der Waals surface area contributed by atoms with E-state index < -0.39 is 11.8 Å². The van der Waals surface area contributed by atoms with Gasteiger partial charge in [0.1, 0.15) is 30.8 Å². The van der Waals surface area contributed by atoms with Crippen LogP contribution in [0.25, 0.3) is 0 Å². The van der Waals surface area contributed by atoms with Crippen molar-refractivity contribution in [1.29, 1.82) is 0 Å². The Morgan fingerprint density at radius 1 is 0.966 bits per heavy atom. The van der Waals surface area contributed by atoms with E-state index in [0.717, 1.165) is 112 Å². The molecule has 2 N–H and O–H groups in total. The second-order valence-electron chi connectivity index (χ2n) is 17.0. The third kappa shape index (κ3) is 12.1. The van der Waals surface area contributed by atoms with Crippen LogP contribution in [0.4, 0.5) is 0 Å². The van der Waals surface area contributed by atoms with E-state index in [1.54, 1.807) is 6.08 Å². The lowest BCUT2D eigenvalue weighted by Crippen LogP contribution is -2.70. The zero-order valence-electron chi connectivity index (χ0n) is 36.3. The van der Waals surface area contributed by atoms with Crippen LogP contribution in [-0.2, 0) is 14.4 Å². The van der Waals surface area contributed by atoms with Crippen LogP contribution in [0.3, 0.4) is 0 Å². The Morgan fingerprint density at radius 3 is 2.36 bits per heavy atom. The Balaban J connectivity index is 1.57. The number of amides is 1. The molecule has 1 amide bonds. The van der Waals surface area contributed by atoms with Crippen molar-refractivity contribution >= 4 is 11.6 Å². The fourth-order valence-corrected chi connectivity index (χ4v) is 9.89. The van der Waals surface area contributed by atoms with Gasteiger partial charge in [0.25, 0.3) is 0 Å². The largest absolute Gasteiger partial charge is 0.492 e. The maximum Gasteiger partial charge on any atom is 0.239 e. The summed E-state index contributed by atoms with van der Waals surface area (Å²) >= 11 is 0. The minimum atomic E-state index is -1.21. The first-order valence-corrected chi connectivity index (χ1v) is 23.3. The number of carbonyl (C=O) groups excluding carboxylic acids is 1. The average molecular weight is 808 g/mol. The third-order valence-corrected chi connectivity index (χ3v) is 12.8. The molecule has 1 saturated carbocycles. The number of allylic oxidation sites excluding steroid dienone is 1. The van der Waals surface area contributed by atoms with Crippen LogP contribution in [0.1, 0.15) is 148 Å². The summed E-state index contributed by atoms with van der Waals surface area (Å²) in [6, 6.07) is 5.80. The smallest absolute Gasteiger partial charge is 0.239 e. The van der Waals surface area contributed by atoms with E-state index in [1.165, 1.54) is 38.5 Å². The third-order valence-electron chi connectivity index (χ3n) is 12.8. The van der Waals surface area contributed by atoms with Crippen molar-refractivity contribution in [3.63, 3.8) is 0 Å². The van der Waals surface area contributed by atoms with Gasteiger partial charge >= 0.3 is 0 Å². The Labute approximate surface area is 350 Å². The summed E-state index contributed by atoms with van der Waals surface area (Å²) in [5.41, 5.74) is 3.03. The summed E-state index contributed by atoms with van der Waals surface area (Å²) in [5, 5.41) is 24.6. The van der Waals surface area contributed by atoms with E-state index >= 15 is 0 Å². The molecule has 326 valence electrons. The minimum absolute atomic E-state index is 0.0485. The van der Waals surface area contributed by atoms with Gasteiger partial charge in [0, 0.05) is 63.7 Å². The van der Waals surface area contributed by atoms with Gasteiger partial charge in [-0.05, 0) is 81.1 Å². The summed E-state index contributed by atoms with van der Waals surface area (Å²) in [6.07, 6.45) is 21.8. The van der Waals surface area contributed by atoms with Gasteiger partial charge in [0.05, 0.1) is 18.2 Å². The molecule has 1 aromatic rings. The van der Waals surface area contributed by atoms with Crippen molar-refractivity contribution in [2.45, 2.75) is 154 Å². The quantitative estimate of drug-likeness (QED) is 0.0343. The summed E-state index contributed by atoms with van der Waals surface area (Å²) in [5.74, 6) is 0.559. The summed E-state index contributed by atoms with van der Waals surface area (Å²) in [6.45, 7) is 15.8. The predicted octanol–water partition coefficient (Wildman–Crippen LogP) is 9.19. The first-order chi connectivity index (χ1) is 28.5. The zero-order chi connectivity index (χ0) is 41.2. The maximum absolute atomic E-state index is 14.6. The first kappa shape index (κ1) is 46.2. The Bertz CT molecular complexity index is 1460. The van der Waals surface area contributed by atoms with E-state index in [-0.39, 0.29) is 49.4 Å². The number of fused-ring (bicyclic) bond motifs is 2. The van der Waals surface area contributed by atoms with Gasteiger partial charge in [0.2, 0.25) is 11.7 Å². The van der Waals surface area contributed by atoms with E-state index in [9.17, 15) is 15.0 Å². The van der Waals surface area contributed by atoms with E-state index in [4.69, 9.17) is 24.2 Å². The highest BCUT2D eigenvalue weighted by atomic mass is 16.7. The molecule has 2 fully saturated rings. The molecule has 2 aliphatic heterocycles. The second kappa shape index (κ2) is 24.4. The number of oxime groups is 1. The number of rotatable bonds is 30. The number of aliphatic hydroxyl groups is 2. The summed E-state index contributed by atoms with van der Waals surface area (Å²) < 4.78 is 20.9. The topological polar surface area (TPSA) is 113 Å². The van der Waals surface area contributed by atoms with Crippen molar-refractivity contribution in [2.75, 3.05) is 59.2 Å². The molecular formula is C48H77N3O7. The van der Waals surface area contributed by atoms with Crippen LogP contribution in [0.5, 0.6) is 11.5 Å². The van der Waals surface area contributed by atoms with Crippen molar-refractivity contribution in [1.82, 2.24) is 9.80 Å². The molecule has 5 rings (SSSR count). The number of hydrogen-bond donors (Lipinski definition) is 2. The Kier molecular flexibility index (Phi) is 19.4. The molecule has 6 unspecified atom stereocenters. The Morgan fingerprint density at radius 2 is 1.69 bits per heavy atom. The number of nitrogens with zero attached hydrogens (tertiary/aromatic N) is 3. The van der Waals surface area contributed by atoms with Gasteiger partial charge in [-0.15, -0.1) is 6.58 Å². The van der Waals surface area contributed by atoms with Crippen molar-refractivity contribution in [3.05, 3.63) is 48.1 Å². The molecule has 0 bridgehead atoms. The van der Waals surface area contributed by atoms with Crippen molar-refractivity contribution in [2.24, 2.45) is 22.9 Å². The molecular weight excluding hydrogens is 731 g/mol. The van der Waals surface area contributed by atoms with Crippen molar-refractivity contribution < 1.29 is 34.1 Å². The molecule has 10 nitrogen and oxygen atoms in total. The number of unbranched alkanes of at least 4 members (excludes halogenated alkanes) is 10. The van der Waals surface area contributed by atoms with Crippen LogP contribution >= 0.6 is 0 Å². The molecule has 2 heterocycles. The average Bonchev–Trinajstić information content (AvgIpc) is 4.06. The SMILES string of the molecule is C=CCOC12Oc3ccc(OCCN4CC4)cc3C3C(CCCCO)C(CCCCO)C=C(C(=NOCC)CC1N(CCC)C(=O)CCCCCCCCCCC)C32. The molecule has 0 aromatic heterocycles. The second-order valence-corrected chi connectivity index (χ2v) is 17.0. The van der Waals surface area contributed by atoms with Crippen LogP contribution in [0.15, 0.2) is 47.7 Å². The van der Waals surface area contributed by atoms with Gasteiger partial charge in [0.15, 0.2) is 0 Å². The summed E-state index contributed by atoms with van der Waals surface area (Å²) in [4.78, 5) is 24.9. The van der Waals surface area contributed by atoms with Gasteiger partial charge in [-0.3, -0.25) is 9.69 Å². The molecule has 4 aliphatic rings. The lowest BCUT2D eigenvalue weighted by molar-refractivity contribution is -0.257. The number of hydrogen-bond acceptors (Lipinski definition) is 9. The molecule has 2 aliphatic carbocycles. The van der Waals surface area contributed by atoms with E-state index in [2.05, 4.69) is 48.4 Å². The lowest BCUT2D eigenvalue weighted by atomic mass is 9.55. The lowest BCUT2D eigenvalue weighted by Gasteiger charge is -2.60. The monoisotopic (exact) mass is 808 g/mol. The highest BCUT2D eigenvalue weighted by molar-refractivity contribution is 6.03. The molecule has 6 atom stereocenters. The maximum atomic E-state index is 14.6. The van der Waals surface area contributed by atoms with Crippen LogP contribution in [0.2, 0.25) is 0 Å². The van der Waals surface area contributed by atoms with Gasteiger partial charge in [-0.1, -0.05) is 95.4 Å². The highest BCUT2D eigenvalue weighted by Gasteiger charge is 2.65. The minimum Gasteiger partial charge on any atom is -0.492 e. The van der Waals surface area contributed by atoms with Gasteiger partial charge in [-0.25, -0.2) is 0 Å². The number of aliphatic hydroxyl groups excluding tert-OH is 2. The molecule has 1 aromatic carbocycles. The zero-order valence-corrected chi connectivity index (χ0v) is 36.3. The standard InChI is InChI=1S/C48H77N3O7/c1-5-9-10-11-12-13-14-15-16-23-45(54)51(26-6-2)44-36-42(49-57-8-4)40-34-37(21-17-19-30-52)39(22-18-20-31-53)46-41-35-38(55-33-29-50-27-28-50)24-25-43(41)58-48(44,47(40)46)56-32-7-3/h7,24-25,34-35,37,39,44,46-47,52-53H,3,5-6,8-23,26-33,36H2,1-2,4H3. The molecule has 0 radical (unpaired) electrons. The fourth-order valence-electron chi connectivity index (χ4n) is 9.89. The number of ether oxygens (including phenoxy) is 3. The van der Waals surface area contributed by atoms with E-state index in [1.807, 2.05) is 13.0 Å². The van der Waals surface area contributed by atoms with Crippen LogP contribution in [-0.4, -0.2) is 103 Å².